The van der Waals surface area contributed by atoms with Crippen molar-refractivity contribution in [1.82, 2.24) is 5.32 Å². The third-order valence-electron chi connectivity index (χ3n) is 2.19. The summed E-state index contributed by atoms with van der Waals surface area (Å²) in [4.78, 5) is 4.10. The van der Waals surface area contributed by atoms with Crippen LogP contribution in [0.1, 0.15) is 13.8 Å². The fourth-order valence-electron chi connectivity index (χ4n) is 1.27. The van der Waals surface area contributed by atoms with Gasteiger partial charge in [-0.3, -0.25) is 4.99 Å². The molecule has 0 aliphatic heterocycles. The van der Waals surface area contributed by atoms with E-state index in [4.69, 9.17) is 10.5 Å². The maximum absolute atomic E-state index is 13.2. The highest BCUT2D eigenvalue weighted by molar-refractivity contribution is 5.77. The predicted octanol–water partition coefficient (Wildman–Crippen LogP) is 1.90. The fourth-order valence-corrected chi connectivity index (χ4v) is 1.27. The Bertz CT molecular complexity index is 436. The summed E-state index contributed by atoms with van der Waals surface area (Å²) in [6.45, 7) is 5.32. The third kappa shape index (κ3) is 6.03. The average molecular weight is 271 g/mol. The van der Waals surface area contributed by atoms with Crippen molar-refractivity contribution < 1.29 is 13.5 Å². The molecule has 0 bridgehead atoms. The highest BCUT2D eigenvalue weighted by atomic mass is 19.1. The van der Waals surface area contributed by atoms with Gasteiger partial charge < -0.3 is 15.8 Å². The summed E-state index contributed by atoms with van der Waals surface area (Å²) in [6, 6.07) is 3.17. The molecule has 6 heteroatoms. The molecule has 0 radical (unpaired) electrons. The SMILES string of the molecule is CC(C)CN=C(N)NCCOc1ccc(F)cc1F. The first kappa shape index (κ1) is 15.2. The normalized spacial score (nSPS) is 11.7. The molecule has 0 aliphatic rings. The molecule has 0 heterocycles. The Labute approximate surface area is 111 Å². The van der Waals surface area contributed by atoms with E-state index in [0.717, 1.165) is 12.1 Å². The van der Waals surface area contributed by atoms with Crippen LogP contribution >= 0.6 is 0 Å². The quantitative estimate of drug-likeness (QED) is 0.472. The summed E-state index contributed by atoms with van der Waals surface area (Å²) in [5.74, 6) is -0.572. The van der Waals surface area contributed by atoms with Crippen LogP contribution in [0.4, 0.5) is 8.78 Å². The van der Waals surface area contributed by atoms with E-state index in [9.17, 15) is 8.78 Å². The van der Waals surface area contributed by atoms with Gasteiger partial charge in [0.15, 0.2) is 17.5 Å². The van der Waals surface area contributed by atoms with E-state index in [2.05, 4.69) is 10.3 Å². The Morgan fingerprint density at radius 1 is 1.42 bits per heavy atom. The Kier molecular flexibility index (Phi) is 6.05. The van der Waals surface area contributed by atoms with Gasteiger partial charge in [0.05, 0.1) is 6.54 Å². The predicted molar refractivity (Wildman–Crippen MR) is 71.2 cm³/mol. The van der Waals surface area contributed by atoms with Crippen LogP contribution in [-0.2, 0) is 0 Å². The molecular weight excluding hydrogens is 252 g/mol. The molecule has 0 atom stereocenters. The molecule has 106 valence electrons. The summed E-state index contributed by atoms with van der Waals surface area (Å²) >= 11 is 0. The molecule has 1 aromatic carbocycles. The van der Waals surface area contributed by atoms with Crippen LogP contribution in [0.25, 0.3) is 0 Å². The topological polar surface area (TPSA) is 59.6 Å². The van der Waals surface area contributed by atoms with Crippen LogP contribution in [0.5, 0.6) is 5.75 Å². The van der Waals surface area contributed by atoms with Crippen LogP contribution in [0.15, 0.2) is 23.2 Å². The van der Waals surface area contributed by atoms with Crippen molar-refractivity contribution in [3.05, 3.63) is 29.8 Å². The van der Waals surface area contributed by atoms with E-state index in [1.165, 1.54) is 6.07 Å². The smallest absolute Gasteiger partial charge is 0.188 e. The first-order valence-electron chi connectivity index (χ1n) is 6.10. The van der Waals surface area contributed by atoms with E-state index in [1.54, 1.807) is 0 Å². The van der Waals surface area contributed by atoms with Crippen molar-refractivity contribution in [2.24, 2.45) is 16.6 Å². The maximum Gasteiger partial charge on any atom is 0.188 e. The second-order valence-electron chi connectivity index (χ2n) is 4.47. The van der Waals surface area contributed by atoms with Gasteiger partial charge in [-0.05, 0) is 18.1 Å². The van der Waals surface area contributed by atoms with Crippen LogP contribution in [-0.4, -0.2) is 25.7 Å². The van der Waals surface area contributed by atoms with Gasteiger partial charge in [0.1, 0.15) is 12.4 Å². The van der Waals surface area contributed by atoms with E-state index in [1.807, 2.05) is 13.8 Å². The molecule has 3 N–H and O–H groups in total. The average Bonchev–Trinajstić information content (AvgIpc) is 2.34. The first-order valence-corrected chi connectivity index (χ1v) is 6.10. The minimum Gasteiger partial charge on any atom is -0.489 e. The lowest BCUT2D eigenvalue weighted by Gasteiger charge is -2.09. The molecule has 1 rings (SSSR count). The van der Waals surface area contributed by atoms with Crippen molar-refractivity contribution >= 4 is 5.96 Å². The van der Waals surface area contributed by atoms with Crippen molar-refractivity contribution in [2.75, 3.05) is 19.7 Å². The lowest BCUT2D eigenvalue weighted by molar-refractivity contribution is 0.305. The number of rotatable bonds is 6. The van der Waals surface area contributed by atoms with Gasteiger partial charge in [-0.2, -0.15) is 0 Å². The molecule has 1 aromatic rings. The van der Waals surface area contributed by atoms with Crippen molar-refractivity contribution in [3.8, 4) is 5.75 Å². The lowest BCUT2D eigenvalue weighted by Crippen LogP contribution is -2.35. The van der Waals surface area contributed by atoms with Crippen LogP contribution in [0, 0.1) is 17.6 Å². The van der Waals surface area contributed by atoms with Gasteiger partial charge in [0, 0.05) is 12.6 Å². The van der Waals surface area contributed by atoms with Crippen molar-refractivity contribution in [3.63, 3.8) is 0 Å². The highest BCUT2D eigenvalue weighted by Gasteiger charge is 2.04. The van der Waals surface area contributed by atoms with Crippen LogP contribution in [0.2, 0.25) is 0 Å². The minimum atomic E-state index is -0.721. The second kappa shape index (κ2) is 7.56. The number of nitrogens with two attached hydrogens (primary N) is 1. The number of hydrogen-bond acceptors (Lipinski definition) is 2. The largest absolute Gasteiger partial charge is 0.489 e. The third-order valence-corrected chi connectivity index (χ3v) is 2.19. The molecule has 0 spiro atoms. The van der Waals surface area contributed by atoms with E-state index >= 15 is 0 Å². The zero-order valence-electron chi connectivity index (χ0n) is 11.1. The Hall–Kier alpha value is -1.85. The zero-order chi connectivity index (χ0) is 14.3. The molecule has 0 saturated carbocycles. The summed E-state index contributed by atoms with van der Waals surface area (Å²) < 4.78 is 31.0. The molecule has 4 nitrogen and oxygen atoms in total. The number of nitrogens with zero attached hydrogens (tertiary/aromatic N) is 1. The van der Waals surface area contributed by atoms with E-state index in [0.29, 0.717) is 25.0 Å². The van der Waals surface area contributed by atoms with Gasteiger partial charge in [0.2, 0.25) is 0 Å². The number of guanidine groups is 1. The number of halogens is 2. The number of aliphatic imine (C=N–C) groups is 1. The monoisotopic (exact) mass is 271 g/mol. The zero-order valence-corrected chi connectivity index (χ0v) is 11.1. The van der Waals surface area contributed by atoms with Crippen LogP contribution < -0.4 is 15.8 Å². The van der Waals surface area contributed by atoms with Gasteiger partial charge in [-0.1, -0.05) is 13.8 Å². The molecular formula is C13H19F2N3O. The number of nitrogens with one attached hydrogen (secondary N) is 1. The second-order valence-corrected chi connectivity index (χ2v) is 4.47. The highest BCUT2D eigenvalue weighted by Crippen LogP contribution is 2.17. The summed E-state index contributed by atoms with van der Waals surface area (Å²) in [6.07, 6.45) is 0. The molecule has 0 aromatic heterocycles. The maximum atomic E-state index is 13.2. The molecule has 0 fully saturated rings. The number of hydrogen-bond donors (Lipinski definition) is 2. The van der Waals surface area contributed by atoms with E-state index in [-0.39, 0.29) is 12.4 Å². The van der Waals surface area contributed by atoms with Crippen molar-refractivity contribution in [1.29, 1.82) is 0 Å². The van der Waals surface area contributed by atoms with Crippen LogP contribution in [0.3, 0.4) is 0 Å². The molecule has 19 heavy (non-hydrogen) atoms. The number of benzene rings is 1. The number of ether oxygens (including phenoxy) is 1. The summed E-state index contributed by atoms with van der Waals surface area (Å²) in [5.41, 5.74) is 5.61. The lowest BCUT2D eigenvalue weighted by atomic mass is 10.2. The Balaban J connectivity index is 2.29. The molecule has 0 aliphatic carbocycles. The van der Waals surface area contributed by atoms with Gasteiger partial charge in [-0.25, -0.2) is 8.78 Å². The summed E-state index contributed by atoms with van der Waals surface area (Å²) in [5, 5.41) is 2.85. The Morgan fingerprint density at radius 3 is 2.79 bits per heavy atom. The van der Waals surface area contributed by atoms with Gasteiger partial charge in [0.25, 0.3) is 0 Å². The van der Waals surface area contributed by atoms with E-state index < -0.39 is 11.6 Å². The fraction of sp³-hybridized carbons (Fsp3) is 0.462. The molecule has 0 unspecified atom stereocenters. The molecule has 0 amide bonds. The minimum absolute atomic E-state index is 0.0147. The standard InChI is InChI=1S/C13H19F2N3O/c1-9(2)8-18-13(16)17-5-6-19-12-4-3-10(14)7-11(12)15/h3-4,7,9H,5-6,8H2,1-2H3,(H3,16,17,18). The first-order chi connectivity index (χ1) is 8.99. The van der Waals surface area contributed by atoms with Gasteiger partial charge >= 0.3 is 0 Å². The van der Waals surface area contributed by atoms with Crippen molar-refractivity contribution in [2.45, 2.75) is 13.8 Å². The van der Waals surface area contributed by atoms with Gasteiger partial charge in [-0.15, -0.1) is 0 Å². The summed E-state index contributed by atoms with van der Waals surface area (Å²) in [7, 11) is 0. The Morgan fingerprint density at radius 2 is 2.16 bits per heavy atom. The molecule has 0 saturated heterocycles.